The maximum Gasteiger partial charge on any atom is 0.305 e. The normalized spacial score (nSPS) is 41.0. The average molecular weight is 684 g/mol. The van der Waals surface area contributed by atoms with Gasteiger partial charge in [0.25, 0.3) is 0 Å². The molecule has 3 heterocycles. The van der Waals surface area contributed by atoms with Crippen LogP contribution >= 0.6 is 0 Å². The van der Waals surface area contributed by atoms with Crippen LogP contribution in [0, 0.1) is 0 Å². The maximum atomic E-state index is 12.3. The predicted octanol–water partition coefficient (Wildman–Crippen LogP) is -2.45. The number of unbranched alkanes of at least 4 members (excludes halogenated alkanes) is 5. The Morgan fingerprint density at radius 3 is 1.87 bits per heavy atom. The maximum absolute atomic E-state index is 12.3. The lowest BCUT2D eigenvalue weighted by Gasteiger charge is -2.49. The molecular formula is C30H53NO16. The molecule has 0 aromatic carbocycles. The first-order valence-corrected chi connectivity index (χ1v) is 16.2. The fourth-order valence-electron chi connectivity index (χ4n) is 5.83. The standard InChI is InChI=1S/C30H53NO16/c1-14-20(35)23(38)25(40)29(43-14)46-26-19(31-16(3)33)28(45-17(13-32)22(26)37)47-27-24(39)21(36)15(2)44-30(27)42-12-10-8-6-5-7-9-11-18(34)41-4/h14-15,17,19-30,32,35-40H,5-13H2,1-4H3,(H,31,33)/t14-,15+,17+,19+,20-,21+,22+,23+,24-,25-,26+,27+,28-,29+,30+/m0/s1. The Hall–Kier alpha value is -1.58. The predicted molar refractivity (Wildman–Crippen MR) is 158 cm³/mol. The number of ether oxygens (including phenoxy) is 7. The van der Waals surface area contributed by atoms with Crippen LogP contribution in [-0.4, -0.2) is 160 Å². The van der Waals surface area contributed by atoms with Crippen molar-refractivity contribution in [1.29, 1.82) is 0 Å². The number of hydrogen-bond acceptors (Lipinski definition) is 16. The third-order valence-electron chi connectivity index (χ3n) is 8.68. The Morgan fingerprint density at radius 2 is 1.26 bits per heavy atom. The first kappa shape index (κ1) is 39.9. The number of carbonyl (C=O) groups is 2. The molecule has 17 nitrogen and oxygen atoms in total. The molecule has 3 saturated heterocycles. The molecule has 274 valence electrons. The van der Waals surface area contributed by atoms with Gasteiger partial charge in [0.15, 0.2) is 18.9 Å². The number of esters is 1. The molecule has 8 N–H and O–H groups in total. The Labute approximate surface area is 274 Å². The minimum atomic E-state index is -1.75. The minimum absolute atomic E-state index is 0.218. The Balaban J connectivity index is 1.70. The van der Waals surface area contributed by atoms with Gasteiger partial charge in [-0.15, -0.1) is 0 Å². The van der Waals surface area contributed by atoms with Crippen molar-refractivity contribution >= 4 is 11.9 Å². The smallest absolute Gasteiger partial charge is 0.305 e. The van der Waals surface area contributed by atoms with Crippen molar-refractivity contribution in [2.45, 2.75) is 158 Å². The second-order valence-corrected chi connectivity index (χ2v) is 12.3. The first-order valence-electron chi connectivity index (χ1n) is 16.2. The van der Waals surface area contributed by atoms with Gasteiger partial charge in [0, 0.05) is 20.0 Å². The molecular weight excluding hydrogens is 630 g/mol. The van der Waals surface area contributed by atoms with Crippen LogP contribution in [0.25, 0.3) is 0 Å². The van der Waals surface area contributed by atoms with E-state index in [4.69, 9.17) is 28.4 Å². The summed E-state index contributed by atoms with van der Waals surface area (Å²) in [5.41, 5.74) is 0. The van der Waals surface area contributed by atoms with Gasteiger partial charge in [-0.2, -0.15) is 0 Å². The lowest BCUT2D eigenvalue weighted by molar-refractivity contribution is -0.368. The fraction of sp³-hybridized carbons (Fsp3) is 0.933. The number of hydrogen-bond donors (Lipinski definition) is 8. The van der Waals surface area contributed by atoms with Gasteiger partial charge in [-0.25, -0.2) is 0 Å². The molecule has 0 saturated carbocycles. The molecule has 3 aliphatic rings. The summed E-state index contributed by atoms with van der Waals surface area (Å²) in [6, 6.07) is -1.34. The number of aliphatic hydroxyl groups is 7. The van der Waals surface area contributed by atoms with E-state index >= 15 is 0 Å². The fourth-order valence-corrected chi connectivity index (χ4v) is 5.83. The number of nitrogens with one attached hydrogen (secondary N) is 1. The van der Waals surface area contributed by atoms with E-state index in [0.29, 0.717) is 12.8 Å². The zero-order chi connectivity index (χ0) is 34.8. The van der Waals surface area contributed by atoms with E-state index < -0.39 is 105 Å². The van der Waals surface area contributed by atoms with Crippen LogP contribution in [0.3, 0.4) is 0 Å². The molecule has 0 unspecified atom stereocenters. The van der Waals surface area contributed by atoms with Crippen LogP contribution in [-0.2, 0) is 42.7 Å². The van der Waals surface area contributed by atoms with Crippen LogP contribution in [0.1, 0.15) is 65.7 Å². The molecule has 3 fully saturated rings. The van der Waals surface area contributed by atoms with Gasteiger partial charge in [-0.3, -0.25) is 9.59 Å². The third-order valence-corrected chi connectivity index (χ3v) is 8.68. The molecule has 0 aromatic heterocycles. The highest BCUT2D eigenvalue weighted by atomic mass is 16.8. The van der Waals surface area contributed by atoms with Gasteiger partial charge >= 0.3 is 5.97 Å². The number of rotatable bonds is 16. The van der Waals surface area contributed by atoms with Crippen molar-refractivity contribution in [2.24, 2.45) is 0 Å². The number of aliphatic hydroxyl groups excluding tert-OH is 7. The summed E-state index contributed by atoms with van der Waals surface area (Å²) < 4.78 is 39.7. The van der Waals surface area contributed by atoms with E-state index in [9.17, 15) is 45.3 Å². The summed E-state index contributed by atoms with van der Waals surface area (Å²) in [6.45, 7) is 3.66. The second kappa shape index (κ2) is 19.0. The summed E-state index contributed by atoms with van der Waals surface area (Å²) in [5.74, 6) is -0.832. The number of carbonyl (C=O) groups excluding carboxylic acids is 2. The van der Waals surface area contributed by atoms with Gasteiger partial charge in [0.05, 0.1) is 25.9 Å². The summed E-state index contributed by atoms with van der Waals surface area (Å²) in [6.07, 6.45) is -14.3. The Morgan fingerprint density at radius 1 is 0.681 bits per heavy atom. The van der Waals surface area contributed by atoms with Crippen LogP contribution in [0.5, 0.6) is 0 Å². The molecule has 3 aliphatic heterocycles. The highest BCUT2D eigenvalue weighted by Gasteiger charge is 2.53. The molecule has 3 rings (SSSR count). The summed E-state index contributed by atoms with van der Waals surface area (Å²) in [7, 11) is 1.36. The molecule has 47 heavy (non-hydrogen) atoms. The van der Waals surface area contributed by atoms with Crippen LogP contribution < -0.4 is 5.32 Å². The van der Waals surface area contributed by atoms with Crippen molar-refractivity contribution in [3.63, 3.8) is 0 Å². The van der Waals surface area contributed by atoms with E-state index in [-0.39, 0.29) is 12.6 Å². The van der Waals surface area contributed by atoms with Crippen molar-refractivity contribution in [2.75, 3.05) is 20.3 Å². The van der Waals surface area contributed by atoms with Gasteiger partial charge in [-0.05, 0) is 26.7 Å². The first-order chi connectivity index (χ1) is 22.3. The molecule has 0 aliphatic carbocycles. The Kier molecular flexibility index (Phi) is 16.1. The molecule has 17 heteroatoms. The molecule has 1 amide bonds. The van der Waals surface area contributed by atoms with Crippen molar-refractivity contribution in [3.05, 3.63) is 0 Å². The zero-order valence-corrected chi connectivity index (χ0v) is 27.3. The van der Waals surface area contributed by atoms with Gasteiger partial charge in [0.2, 0.25) is 5.91 Å². The van der Waals surface area contributed by atoms with E-state index in [1.54, 1.807) is 6.92 Å². The third kappa shape index (κ3) is 10.7. The Bertz CT molecular complexity index is 961. The van der Waals surface area contributed by atoms with E-state index in [1.807, 2.05) is 0 Å². The van der Waals surface area contributed by atoms with Crippen LogP contribution in [0.15, 0.2) is 0 Å². The quantitative estimate of drug-likeness (QED) is 0.0621. The van der Waals surface area contributed by atoms with Crippen molar-refractivity contribution < 1.29 is 78.5 Å². The van der Waals surface area contributed by atoms with Crippen molar-refractivity contribution in [1.82, 2.24) is 5.32 Å². The minimum Gasteiger partial charge on any atom is -0.469 e. The average Bonchev–Trinajstić information content (AvgIpc) is 3.04. The van der Waals surface area contributed by atoms with Crippen LogP contribution in [0.2, 0.25) is 0 Å². The highest BCUT2D eigenvalue weighted by Crippen LogP contribution is 2.33. The van der Waals surface area contributed by atoms with Gasteiger partial charge < -0.3 is 74.2 Å². The summed E-state index contributed by atoms with van der Waals surface area (Å²) in [4.78, 5) is 23.5. The highest BCUT2D eigenvalue weighted by molar-refractivity contribution is 5.73. The van der Waals surface area contributed by atoms with E-state index in [0.717, 1.165) is 32.1 Å². The van der Waals surface area contributed by atoms with Crippen LogP contribution in [0.4, 0.5) is 0 Å². The lowest BCUT2D eigenvalue weighted by Crippen LogP contribution is -2.69. The SMILES string of the molecule is COC(=O)CCCCCCCCO[C@@H]1O[C@H](C)[C@@H](O)[C@H](O)[C@H]1O[C@@H]1O[C@H](CO)[C@@H](O)[C@H](O[C@H]2O[C@@H](C)[C@H](O)[C@@H](O)[C@@H]2O)[C@H]1NC(C)=O. The zero-order valence-electron chi connectivity index (χ0n) is 27.3. The molecule has 0 radical (unpaired) electrons. The van der Waals surface area contributed by atoms with Gasteiger partial charge in [-0.1, -0.05) is 25.7 Å². The topological polar surface area (TPSA) is 252 Å². The lowest BCUT2D eigenvalue weighted by atomic mass is 9.94. The monoisotopic (exact) mass is 683 g/mol. The largest absolute Gasteiger partial charge is 0.469 e. The molecule has 0 spiro atoms. The van der Waals surface area contributed by atoms with E-state index in [2.05, 4.69) is 10.1 Å². The number of amides is 1. The molecule has 15 atom stereocenters. The van der Waals surface area contributed by atoms with E-state index in [1.165, 1.54) is 21.0 Å². The van der Waals surface area contributed by atoms with Gasteiger partial charge in [0.1, 0.15) is 61.0 Å². The summed E-state index contributed by atoms with van der Waals surface area (Å²) >= 11 is 0. The molecule has 0 aromatic rings. The number of methoxy groups -OCH3 is 1. The summed E-state index contributed by atoms with van der Waals surface area (Å²) in [5, 5.41) is 76.1. The molecule has 0 bridgehead atoms. The second-order valence-electron chi connectivity index (χ2n) is 12.3. The van der Waals surface area contributed by atoms with Crippen molar-refractivity contribution in [3.8, 4) is 0 Å².